The van der Waals surface area contributed by atoms with E-state index >= 15 is 0 Å². The molecular weight excluding hydrogens is 242 g/mol. The normalized spacial score (nSPS) is 10.2. The van der Waals surface area contributed by atoms with Gasteiger partial charge in [0.15, 0.2) is 0 Å². The molecule has 0 saturated heterocycles. The molecule has 0 fully saturated rings. The van der Waals surface area contributed by atoms with E-state index in [1.165, 1.54) is 18.5 Å². The van der Waals surface area contributed by atoms with Gasteiger partial charge in [0, 0.05) is 0 Å². The van der Waals surface area contributed by atoms with E-state index in [-0.39, 0.29) is 5.97 Å². The van der Waals surface area contributed by atoms with Gasteiger partial charge in [0.05, 0.1) is 31.2 Å². The van der Waals surface area contributed by atoms with E-state index in [4.69, 9.17) is 4.74 Å². The van der Waals surface area contributed by atoms with Crippen LogP contribution < -0.4 is 10.1 Å². The van der Waals surface area contributed by atoms with Crippen molar-refractivity contribution in [2.24, 2.45) is 0 Å². The highest BCUT2D eigenvalue weighted by Crippen LogP contribution is 2.36. The molecule has 2 aromatic carbocycles. The Labute approximate surface area is 112 Å². The zero-order valence-corrected chi connectivity index (χ0v) is 10.8. The number of carbonyl (C=O) groups excluding carboxylic acids is 1. The van der Waals surface area contributed by atoms with Gasteiger partial charge in [-0.2, -0.15) is 0 Å². The van der Waals surface area contributed by atoms with Crippen LogP contribution in [0.3, 0.4) is 0 Å². The minimum Gasteiger partial charge on any atom is -0.497 e. The zero-order chi connectivity index (χ0) is 13.7. The highest BCUT2D eigenvalue weighted by molar-refractivity contribution is 5.89. The van der Waals surface area contributed by atoms with Gasteiger partial charge in [0.1, 0.15) is 5.75 Å². The average molecular weight is 257 g/mol. The second-order valence-corrected chi connectivity index (χ2v) is 3.89. The van der Waals surface area contributed by atoms with E-state index in [1.807, 2.05) is 12.1 Å². The second kappa shape index (κ2) is 5.91. The number of ether oxygens (including phenoxy) is 2. The van der Waals surface area contributed by atoms with Crippen molar-refractivity contribution in [1.82, 2.24) is 0 Å². The highest BCUT2D eigenvalue weighted by Gasteiger charge is 2.10. The van der Waals surface area contributed by atoms with Crippen molar-refractivity contribution in [1.29, 1.82) is 0 Å². The van der Waals surface area contributed by atoms with Crippen LogP contribution >= 0.6 is 0 Å². The molecule has 0 saturated carbocycles. The number of methoxy groups -OCH3 is 2. The Hall–Kier alpha value is -2.49. The molecule has 0 spiro atoms. The number of benzene rings is 2. The highest BCUT2D eigenvalue weighted by atomic mass is 16.5. The molecule has 0 atom stereocenters. The number of fused-ring (bicyclic) bond motifs is 1. The van der Waals surface area contributed by atoms with Crippen molar-refractivity contribution >= 4 is 17.3 Å². The summed E-state index contributed by atoms with van der Waals surface area (Å²) in [6.07, 6.45) is 0. The van der Waals surface area contributed by atoms with Gasteiger partial charge in [-0.3, -0.25) is 0 Å². The number of carbonyl (C=O) groups is 1. The number of nitrogens with one attached hydrogen (secondary N) is 1. The van der Waals surface area contributed by atoms with E-state index < -0.39 is 0 Å². The minimum atomic E-state index is -0.336. The SMILES string of the molecule is COC(=O)c1ccc(OC)cc1.c1ccc2c(c1)N2. The predicted octanol–water partition coefficient (Wildman–Crippen LogP) is 3.23. The topological polar surface area (TPSA) is 57.5 Å². The number of esters is 1. The van der Waals surface area contributed by atoms with Crippen molar-refractivity contribution in [3.8, 4) is 5.75 Å². The van der Waals surface area contributed by atoms with Crippen LogP contribution in [0.25, 0.3) is 0 Å². The number of anilines is 2. The maximum Gasteiger partial charge on any atom is 0.337 e. The van der Waals surface area contributed by atoms with Crippen LogP contribution in [0, 0.1) is 0 Å². The fourth-order valence-corrected chi connectivity index (χ4v) is 1.53. The standard InChI is InChI=1S/C9H10O3.C6H5N/c1-11-8-5-3-7(4-6-8)9(10)12-2;1-2-4-6-5(3-1)7-6/h3-6H,1-2H3;1-4,7H. The molecule has 0 unspecified atom stereocenters. The Bertz CT molecular complexity index is 543. The van der Waals surface area contributed by atoms with Crippen LogP contribution in [-0.4, -0.2) is 20.2 Å². The molecule has 2 aromatic rings. The summed E-state index contributed by atoms with van der Waals surface area (Å²) in [6, 6.07) is 14.9. The number of hydrogen-bond donors (Lipinski definition) is 1. The second-order valence-electron chi connectivity index (χ2n) is 3.89. The summed E-state index contributed by atoms with van der Waals surface area (Å²) < 4.78 is 9.46. The molecule has 1 aliphatic rings. The van der Waals surface area contributed by atoms with E-state index in [1.54, 1.807) is 31.4 Å². The van der Waals surface area contributed by atoms with E-state index in [0.29, 0.717) is 5.56 Å². The number of para-hydroxylation sites is 2. The molecule has 4 nitrogen and oxygen atoms in total. The van der Waals surface area contributed by atoms with Crippen molar-refractivity contribution in [2.45, 2.75) is 0 Å². The molecule has 19 heavy (non-hydrogen) atoms. The number of rotatable bonds is 2. The summed E-state index contributed by atoms with van der Waals surface area (Å²) in [4.78, 5) is 11.0. The van der Waals surface area contributed by atoms with Crippen molar-refractivity contribution in [3.63, 3.8) is 0 Å². The Kier molecular flexibility index (Phi) is 4.03. The van der Waals surface area contributed by atoms with Crippen LogP contribution in [0.2, 0.25) is 0 Å². The van der Waals surface area contributed by atoms with Crippen LogP contribution in [-0.2, 0) is 4.74 Å². The van der Waals surface area contributed by atoms with Crippen molar-refractivity contribution in [3.05, 3.63) is 54.1 Å². The van der Waals surface area contributed by atoms with Gasteiger partial charge in [0.2, 0.25) is 0 Å². The predicted molar refractivity (Wildman–Crippen MR) is 74.1 cm³/mol. The molecule has 1 aliphatic heterocycles. The van der Waals surface area contributed by atoms with E-state index in [2.05, 4.69) is 22.2 Å². The Morgan fingerprint density at radius 2 is 1.53 bits per heavy atom. The van der Waals surface area contributed by atoms with E-state index in [0.717, 1.165) is 5.75 Å². The summed E-state index contributed by atoms with van der Waals surface area (Å²) in [5.41, 5.74) is 3.09. The summed E-state index contributed by atoms with van der Waals surface area (Å²) in [7, 11) is 2.93. The first-order valence-electron chi connectivity index (χ1n) is 5.83. The maximum atomic E-state index is 11.0. The molecule has 98 valence electrons. The average Bonchev–Trinajstić information content (AvgIpc) is 3.26. The molecule has 1 heterocycles. The zero-order valence-electron chi connectivity index (χ0n) is 10.8. The number of hydrogen-bond acceptors (Lipinski definition) is 4. The lowest BCUT2D eigenvalue weighted by molar-refractivity contribution is 0.0600. The fourth-order valence-electron chi connectivity index (χ4n) is 1.53. The van der Waals surface area contributed by atoms with Gasteiger partial charge < -0.3 is 14.8 Å². The third-order valence-electron chi connectivity index (χ3n) is 2.65. The van der Waals surface area contributed by atoms with Crippen molar-refractivity contribution < 1.29 is 14.3 Å². The first kappa shape index (κ1) is 13.0. The smallest absolute Gasteiger partial charge is 0.337 e. The van der Waals surface area contributed by atoms with Crippen LogP contribution in [0.1, 0.15) is 10.4 Å². The molecule has 0 bridgehead atoms. The lowest BCUT2D eigenvalue weighted by Gasteiger charge is -2.00. The molecule has 0 aliphatic carbocycles. The monoisotopic (exact) mass is 257 g/mol. The molecule has 0 aromatic heterocycles. The third-order valence-corrected chi connectivity index (χ3v) is 2.65. The molecular formula is C15H15NO3. The lowest BCUT2D eigenvalue weighted by Crippen LogP contribution is -2.00. The fraction of sp³-hybridized carbons (Fsp3) is 0.133. The molecule has 1 N–H and O–H groups in total. The van der Waals surface area contributed by atoms with Gasteiger partial charge in [-0.05, 0) is 36.4 Å². The first-order valence-corrected chi connectivity index (χ1v) is 5.83. The third kappa shape index (κ3) is 3.48. The van der Waals surface area contributed by atoms with Crippen LogP contribution in [0.5, 0.6) is 5.75 Å². The van der Waals surface area contributed by atoms with Gasteiger partial charge in [-0.25, -0.2) is 4.79 Å². The van der Waals surface area contributed by atoms with Crippen LogP contribution in [0.4, 0.5) is 11.4 Å². The Balaban J connectivity index is 0.000000159. The van der Waals surface area contributed by atoms with Gasteiger partial charge in [0.25, 0.3) is 0 Å². The Morgan fingerprint density at radius 1 is 0.947 bits per heavy atom. The Morgan fingerprint density at radius 3 is 1.95 bits per heavy atom. The van der Waals surface area contributed by atoms with Gasteiger partial charge >= 0.3 is 5.97 Å². The quantitative estimate of drug-likeness (QED) is 0.565. The summed E-state index contributed by atoms with van der Waals surface area (Å²) in [5.74, 6) is 0.389. The van der Waals surface area contributed by atoms with Crippen molar-refractivity contribution in [2.75, 3.05) is 19.5 Å². The summed E-state index contributed by atoms with van der Waals surface area (Å²) in [5, 5.41) is 3.09. The van der Waals surface area contributed by atoms with Crippen LogP contribution in [0.15, 0.2) is 48.5 Å². The van der Waals surface area contributed by atoms with Gasteiger partial charge in [-0.1, -0.05) is 12.1 Å². The van der Waals surface area contributed by atoms with E-state index in [9.17, 15) is 4.79 Å². The molecule has 3 rings (SSSR count). The molecule has 0 amide bonds. The maximum absolute atomic E-state index is 11.0. The summed E-state index contributed by atoms with van der Waals surface area (Å²) in [6.45, 7) is 0. The lowest BCUT2D eigenvalue weighted by atomic mass is 10.2. The summed E-state index contributed by atoms with van der Waals surface area (Å²) >= 11 is 0. The minimum absolute atomic E-state index is 0.336. The first-order chi connectivity index (χ1) is 9.24. The molecule has 4 heteroatoms. The largest absolute Gasteiger partial charge is 0.497 e. The van der Waals surface area contributed by atoms with Gasteiger partial charge in [-0.15, -0.1) is 0 Å². The molecule has 0 radical (unpaired) electrons.